The zero-order chi connectivity index (χ0) is 18.0. The number of hydrogen-bond acceptors (Lipinski definition) is 4. The van der Waals surface area contributed by atoms with Crippen LogP contribution in [0.15, 0.2) is 48.7 Å². The van der Waals surface area contributed by atoms with Crippen LogP contribution in [0.5, 0.6) is 0 Å². The predicted octanol–water partition coefficient (Wildman–Crippen LogP) is 3.39. The average molecular weight is 347 g/mol. The van der Waals surface area contributed by atoms with Crippen molar-refractivity contribution in [2.45, 2.75) is 12.8 Å². The summed E-state index contributed by atoms with van der Waals surface area (Å²) in [6.07, 6.45) is -3.84. The van der Waals surface area contributed by atoms with Gasteiger partial charge in [0.2, 0.25) is 0 Å². The fourth-order valence-corrected chi connectivity index (χ4v) is 2.28. The third-order valence-corrected chi connectivity index (χ3v) is 3.52. The number of hydrogen-bond donors (Lipinski definition) is 2. The van der Waals surface area contributed by atoms with Gasteiger partial charge in [0.1, 0.15) is 5.82 Å². The van der Waals surface area contributed by atoms with Gasteiger partial charge in [-0.2, -0.15) is 13.2 Å². The molecule has 0 atom stereocenters. The van der Waals surface area contributed by atoms with E-state index in [1.165, 1.54) is 6.07 Å². The number of alkyl halides is 3. The van der Waals surface area contributed by atoms with E-state index >= 15 is 0 Å². The highest BCUT2D eigenvalue weighted by Gasteiger charge is 2.30. The number of aromatic nitrogens is 2. The Bertz CT molecular complexity index is 925. The molecule has 128 valence electrons. The Kier molecular flexibility index (Phi) is 4.37. The number of anilines is 1. The second-order valence-electron chi connectivity index (χ2n) is 5.22. The largest absolute Gasteiger partial charge is 0.417 e. The summed E-state index contributed by atoms with van der Waals surface area (Å²) in [5.74, 6) is -0.561. The van der Waals surface area contributed by atoms with Crippen LogP contribution in [0.2, 0.25) is 0 Å². The van der Waals surface area contributed by atoms with Gasteiger partial charge in [-0.25, -0.2) is 9.97 Å². The van der Waals surface area contributed by atoms with Gasteiger partial charge in [-0.3, -0.25) is 4.79 Å². The summed E-state index contributed by atoms with van der Waals surface area (Å²) in [5, 5.41) is 12.3. The van der Waals surface area contributed by atoms with Gasteiger partial charge in [0, 0.05) is 11.6 Å². The van der Waals surface area contributed by atoms with Crippen LogP contribution in [0.25, 0.3) is 10.9 Å². The van der Waals surface area contributed by atoms with Gasteiger partial charge in [0.25, 0.3) is 5.91 Å². The van der Waals surface area contributed by atoms with E-state index in [4.69, 9.17) is 0 Å². The smallest absolute Gasteiger partial charge is 0.390 e. The first kappa shape index (κ1) is 16.8. The van der Waals surface area contributed by atoms with E-state index in [9.17, 15) is 23.1 Å². The molecule has 0 spiro atoms. The lowest BCUT2D eigenvalue weighted by Crippen LogP contribution is -2.14. The van der Waals surface area contributed by atoms with Gasteiger partial charge >= 0.3 is 6.18 Å². The summed E-state index contributed by atoms with van der Waals surface area (Å²) in [6, 6.07) is 10.2. The molecular weight excluding hydrogens is 335 g/mol. The van der Waals surface area contributed by atoms with Crippen LogP contribution in [-0.4, -0.2) is 21.0 Å². The first-order chi connectivity index (χ1) is 11.9. The van der Waals surface area contributed by atoms with Crippen molar-refractivity contribution in [1.29, 1.82) is 0 Å². The Balaban J connectivity index is 1.90. The number of fused-ring (bicyclic) bond motifs is 1. The maximum atomic E-state index is 12.5. The second-order valence-corrected chi connectivity index (χ2v) is 5.22. The molecule has 2 heterocycles. The Labute approximate surface area is 140 Å². The van der Waals surface area contributed by atoms with Crippen molar-refractivity contribution in [3.8, 4) is 0 Å². The van der Waals surface area contributed by atoms with E-state index in [2.05, 4.69) is 15.3 Å². The summed E-state index contributed by atoms with van der Waals surface area (Å²) in [7, 11) is 0. The minimum atomic E-state index is -4.49. The van der Waals surface area contributed by atoms with Gasteiger partial charge in [-0.05, 0) is 24.3 Å². The predicted molar refractivity (Wildman–Crippen MR) is 84.9 cm³/mol. The molecule has 1 amide bonds. The first-order valence-electron chi connectivity index (χ1n) is 7.22. The molecule has 0 aliphatic heterocycles. The molecule has 0 fully saturated rings. The molecule has 0 aliphatic rings. The number of halogens is 3. The van der Waals surface area contributed by atoms with E-state index in [-0.39, 0.29) is 18.0 Å². The normalized spacial score (nSPS) is 11.5. The zero-order valence-electron chi connectivity index (χ0n) is 12.7. The molecule has 1 aromatic carbocycles. The highest BCUT2D eigenvalue weighted by Crippen LogP contribution is 2.29. The molecule has 3 aromatic rings. The van der Waals surface area contributed by atoms with Crippen LogP contribution in [-0.2, 0) is 12.8 Å². The number of carbonyl (C=O) groups excluding carboxylic acids is 1. The number of aliphatic hydroxyl groups excluding tert-OH is 1. The summed E-state index contributed by atoms with van der Waals surface area (Å²) >= 11 is 0. The van der Waals surface area contributed by atoms with Crippen LogP contribution < -0.4 is 5.32 Å². The molecule has 0 radical (unpaired) electrons. The zero-order valence-corrected chi connectivity index (χ0v) is 12.7. The Hall–Kier alpha value is -3.00. The van der Waals surface area contributed by atoms with E-state index in [0.717, 1.165) is 12.1 Å². The lowest BCUT2D eigenvalue weighted by atomic mass is 10.1. The average Bonchev–Trinajstić information content (AvgIpc) is 2.60. The van der Waals surface area contributed by atoms with E-state index in [0.29, 0.717) is 22.8 Å². The van der Waals surface area contributed by atoms with Crippen LogP contribution in [0.4, 0.5) is 19.0 Å². The molecule has 0 saturated heterocycles. The molecule has 0 bridgehead atoms. The molecule has 25 heavy (non-hydrogen) atoms. The van der Waals surface area contributed by atoms with Gasteiger partial charge in [0.15, 0.2) is 0 Å². The van der Waals surface area contributed by atoms with Gasteiger partial charge in [-0.1, -0.05) is 18.2 Å². The van der Waals surface area contributed by atoms with Crippen molar-refractivity contribution in [2.75, 3.05) is 5.32 Å². The SMILES string of the molecule is O=C(Nc1ccc(C(F)(F)F)cn1)c1cccc2ccc(CO)nc12. The van der Waals surface area contributed by atoms with Crippen LogP contribution in [0.3, 0.4) is 0 Å². The molecule has 0 saturated carbocycles. The highest BCUT2D eigenvalue weighted by atomic mass is 19.4. The number of aliphatic hydroxyl groups is 1. The quantitative estimate of drug-likeness (QED) is 0.762. The lowest BCUT2D eigenvalue weighted by Gasteiger charge is -2.09. The van der Waals surface area contributed by atoms with Crippen molar-refractivity contribution >= 4 is 22.6 Å². The topological polar surface area (TPSA) is 75.1 Å². The molecule has 2 aromatic heterocycles. The number of amides is 1. The summed E-state index contributed by atoms with van der Waals surface area (Å²) in [6.45, 7) is -0.271. The standard InChI is InChI=1S/C17H12F3N3O2/c18-17(19,20)11-5-7-14(21-8-11)23-16(25)13-3-1-2-10-4-6-12(9-24)22-15(10)13/h1-8,24H,9H2,(H,21,23,25). The van der Waals surface area contributed by atoms with Gasteiger partial charge < -0.3 is 10.4 Å². The van der Waals surface area contributed by atoms with Crippen molar-refractivity contribution < 1.29 is 23.1 Å². The van der Waals surface area contributed by atoms with Crippen LogP contribution in [0, 0.1) is 0 Å². The number of carbonyl (C=O) groups is 1. The van der Waals surface area contributed by atoms with Crippen molar-refractivity contribution in [2.24, 2.45) is 0 Å². The van der Waals surface area contributed by atoms with Crippen LogP contribution in [0.1, 0.15) is 21.6 Å². The fraction of sp³-hybridized carbons (Fsp3) is 0.118. The summed E-state index contributed by atoms with van der Waals surface area (Å²) in [4.78, 5) is 20.3. The first-order valence-corrected chi connectivity index (χ1v) is 7.22. The third-order valence-electron chi connectivity index (χ3n) is 3.52. The van der Waals surface area contributed by atoms with E-state index in [1.807, 2.05) is 0 Å². The van der Waals surface area contributed by atoms with Crippen molar-refractivity contribution in [1.82, 2.24) is 9.97 Å². The number of benzene rings is 1. The Morgan fingerprint density at radius 3 is 2.56 bits per heavy atom. The molecular formula is C17H12F3N3O2. The number of pyridine rings is 2. The van der Waals surface area contributed by atoms with Crippen LogP contribution >= 0.6 is 0 Å². The van der Waals surface area contributed by atoms with Crippen molar-refractivity contribution in [3.63, 3.8) is 0 Å². The fourth-order valence-electron chi connectivity index (χ4n) is 2.28. The summed E-state index contributed by atoms with van der Waals surface area (Å²) < 4.78 is 37.6. The Morgan fingerprint density at radius 1 is 1.12 bits per heavy atom. The Morgan fingerprint density at radius 2 is 1.92 bits per heavy atom. The second kappa shape index (κ2) is 6.48. The number of nitrogens with zero attached hydrogens (tertiary/aromatic N) is 2. The maximum Gasteiger partial charge on any atom is 0.417 e. The monoisotopic (exact) mass is 347 g/mol. The van der Waals surface area contributed by atoms with Gasteiger partial charge in [-0.15, -0.1) is 0 Å². The van der Waals surface area contributed by atoms with E-state index in [1.54, 1.807) is 24.3 Å². The minimum absolute atomic E-state index is 0.00619. The molecule has 3 rings (SSSR count). The molecule has 0 unspecified atom stereocenters. The summed E-state index contributed by atoms with van der Waals surface area (Å²) in [5.41, 5.74) is 0.123. The molecule has 0 aliphatic carbocycles. The van der Waals surface area contributed by atoms with Crippen molar-refractivity contribution in [3.05, 3.63) is 65.5 Å². The molecule has 8 heteroatoms. The van der Waals surface area contributed by atoms with E-state index < -0.39 is 17.6 Å². The lowest BCUT2D eigenvalue weighted by molar-refractivity contribution is -0.137. The number of nitrogens with one attached hydrogen (secondary N) is 1. The molecule has 5 nitrogen and oxygen atoms in total. The number of rotatable bonds is 3. The highest BCUT2D eigenvalue weighted by molar-refractivity contribution is 6.11. The minimum Gasteiger partial charge on any atom is -0.390 e. The molecule has 2 N–H and O–H groups in total. The third kappa shape index (κ3) is 3.58. The maximum absolute atomic E-state index is 12.5. The van der Waals surface area contributed by atoms with Gasteiger partial charge in [0.05, 0.1) is 28.9 Å². The number of para-hydroxylation sites is 1.